The van der Waals surface area contributed by atoms with Crippen LogP contribution in [0.25, 0.3) is 22.5 Å². The highest BCUT2D eigenvalue weighted by molar-refractivity contribution is 6.06. The average molecular weight is 368 g/mol. The van der Waals surface area contributed by atoms with Gasteiger partial charge in [-0.15, -0.1) is 0 Å². The Morgan fingerprint density at radius 2 is 2.00 bits per heavy atom. The Kier molecular flexibility index (Phi) is 4.47. The molecule has 0 unspecified atom stereocenters. The van der Waals surface area contributed by atoms with E-state index in [1.165, 1.54) is 0 Å². The van der Waals surface area contributed by atoms with E-state index >= 15 is 0 Å². The van der Waals surface area contributed by atoms with Gasteiger partial charge < -0.3 is 14.1 Å². The van der Waals surface area contributed by atoms with Crippen molar-refractivity contribution in [2.24, 2.45) is 0 Å². The van der Waals surface area contributed by atoms with Crippen molar-refractivity contribution < 1.29 is 13.9 Å². The Labute approximate surface area is 157 Å². The van der Waals surface area contributed by atoms with Gasteiger partial charge in [-0.2, -0.15) is 5.10 Å². The molecule has 0 radical (unpaired) electrons. The van der Waals surface area contributed by atoms with Crippen molar-refractivity contribution in [1.29, 1.82) is 0 Å². The highest BCUT2D eigenvalue weighted by atomic mass is 16.5. The van der Waals surface area contributed by atoms with E-state index in [1.807, 2.05) is 49.4 Å². The van der Waals surface area contributed by atoms with Crippen LogP contribution < -0.4 is 0 Å². The van der Waals surface area contributed by atoms with Crippen LogP contribution in [0.2, 0.25) is 0 Å². The molecule has 7 nitrogen and oxygen atoms in total. The molecular formula is C20H24N4O3. The van der Waals surface area contributed by atoms with Crippen molar-refractivity contribution >= 4 is 16.9 Å². The van der Waals surface area contributed by atoms with Gasteiger partial charge >= 0.3 is 0 Å². The molecule has 27 heavy (non-hydrogen) atoms. The van der Waals surface area contributed by atoms with E-state index in [9.17, 15) is 4.79 Å². The summed E-state index contributed by atoms with van der Waals surface area (Å²) < 4.78 is 13.1. The largest absolute Gasteiger partial charge is 0.463 e. The predicted octanol–water partition coefficient (Wildman–Crippen LogP) is 3.52. The number of aromatic nitrogens is 3. The molecule has 4 rings (SSSR count). The Hall–Kier alpha value is -2.67. The molecule has 0 saturated carbocycles. The van der Waals surface area contributed by atoms with E-state index in [0.29, 0.717) is 35.8 Å². The quantitative estimate of drug-likeness (QED) is 0.707. The first-order chi connectivity index (χ1) is 12.9. The molecule has 1 saturated heterocycles. The topological polar surface area (TPSA) is 73.4 Å². The Balaban J connectivity index is 1.84. The van der Waals surface area contributed by atoms with Gasteiger partial charge in [-0.1, -0.05) is 0 Å². The number of nitrogens with zero attached hydrogens (tertiary/aromatic N) is 4. The van der Waals surface area contributed by atoms with Crippen LogP contribution in [-0.4, -0.2) is 50.9 Å². The molecule has 2 atom stereocenters. The smallest absolute Gasteiger partial charge is 0.254 e. The summed E-state index contributed by atoms with van der Waals surface area (Å²) in [6.45, 7) is 9.20. The Morgan fingerprint density at radius 1 is 1.26 bits per heavy atom. The molecule has 4 heterocycles. The molecule has 1 aliphatic rings. The first kappa shape index (κ1) is 17.7. The monoisotopic (exact) mass is 368 g/mol. The molecule has 0 N–H and O–H groups in total. The lowest BCUT2D eigenvalue weighted by Crippen LogP contribution is -2.48. The summed E-state index contributed by atoms with van der Waals surface area (Å²) in [6, 6.07) is 5.60. The van der Waals surface area contributed by atoms with Crippen LogP contribution in [0.1, 0.15) is 44.1 Å². The maximum Gasteiger partial charge on any atom is 0.254 e. The molecule has 1 fully saturated rings. The van der Waals surface area contributed by atoms with Gasteiger partial charge in [0.15, 0.2) is 11.4 Å². The number of hydrogen-bond acceptors (Lipinski definition) is 5. The van der Waals surface area contributed by atoms with Gasteiger partial charge in [0.25, 0.3) is 5.91 Å². The number of ether oxygens (including phenoxy) is 1. The van der Waals surface area contributed by atoms with E-state index in [1.54, 1.807) is 18.5 Å². The number of carbonyl (C=O) groups is 1. The lowest BCUT2D eigenvalue weighted by atomic mass is 10.1. The van der Waals surface area contributed by atoms with Gasteiger partial charge in [0.1, 0.15) is 5.69 Å². The zero-order valence-electron chi connectivity index (χ0n) is 16.0. The Morgan fingerprint density at radius 3 is 2.63 bits per heavy atom. The van der Waals surface area contributed by atoms with Crippen molar-refractivity contribution in [2.75, 3.05) is 13.1 Å². The highest BCUT2D eigenvalue weighted by Gasteiger charge is 2.29. The van der Waals surface area contributed by atoms with Gasteiger partial charge in [0.05, 0.1) is 35.6 Å². The second kappa shape index (κ2) is 6.81. The maximum absolute atomic E-state index is 13.4. The number of fused-ring (bicyclic) bond motifs is 1. The van der Waals surface area contributed by atoms with Gasteiger partial charge in [-0.3, -0.25) is 4.79 Å². The standard InChI is InChI=1S/C20H24N4O3/c1-12(2)24-19-16(9-21-24)15(8-17(22-19)18-6-5-7-26-18)20(25)23-10-13(3)27-14(4)11-23/h5-9,12-14H,10-11H2,1-4H3/t13-,14+. The van der Waals surface area contributed by atoms with Gasteiger partial charge in [0.2, 0.25) is 0 Å². The van der Waals surface area contributed by atoms with E-state index in [-0.39, 0.29) is 24.2 Å². The minimum absolute atomic E-state index is 0.0120. The third kappa shape index (κ3) is 3.23. The zero-order valence-corrected chi connectivity index (χ0v) is 16.0. The van der Waals surface area contributed by atoms with Gasteiger partial charge in [0, 0.05) is 19.1 Å². The van der Waals surface area contributed by atoms with Crippen LogP contribution in [0.5, 0.6) is 0 Å². The molecule has 0 aliphatic carbocycles. The molecule has 0 spiro atoms. The molecular weight excluding hydrogens is 344 g/mol. The summed E-state index contributed by atoms with van der Waals surface area (Å²) in [7, 11) is 0. The second-order valence-corrected chi connectivity index (χ2v) is 7.42. The van der Waals surface area contributed by atoms with Crippen LogP contribution in [0.15, 0.2) is 35.1 Å². The number of pyridine rings is 1. The summed E-state index contributed by atoms with van der Waals surface area (Å²) in [5, 5.41) is 5.22. The van der Waals surface area contributed by atoms with Crippen LogP contribution in [-0.2, 0) is 4.74 Å². The van der Waals surface area contributed by atoms with Crippen LogP contribution in [0, 0.1) is 0 Å². The second-order valence-electron chi connectivity index (χ2n) is 7.42. The van der Waals surface area contributed by atoms with E-state index in [4.69, 9.17) is 14.1 Å². The van der Waals surface area contributed by atoms with E-state index < -0.39 is 0 Å². The first-order valence-electron chi connectivity index (χ1n) is 9.31. The van der Waals surface area contributed by atoms with Crippen molar-refractivity contribution in [3.05, 3.63) is 36.2 Å². The summed E-state index contributed by atoms with van der Waals surface area (Å²) in [6.07, 6.45) is 3.36. The number of morpholine rings is 1. The fourth-order valence-corrected chi connectivity index (χ4v) is 3.64. The molecule has 142 valence electrons. The molecule has 0 aromatic carbocycles. The average Bonchev–Trinajstić information content (AvgIpc) is 3.28. The fraction of sp³-hybridized carbons (Fsp3) is 0.450. The van der Waals surface area contributed by atoms with Crippen LogP contribution in [0.4, 0.5) is 0 Å². The lowest BCUT2D eigenvalue weighted by molar-refractivity contribution is -0.0585. The Bertz CT molecular complexity index is 951. The minimum atomic E-state index is -0.0273. The van der Waals surface area contributed by atoms with Gasteiger partial charge in [-0.25, -0.2) is 9.67 Å². The summed E-state index contributed by atoms with van der Waals surface area (Å²) in [4.78, 5) is 20.0. The number of hydrogen-bond donors (Lipinski definition) is 0. The maximum atomic E-state index is 13.4. The zero-order chi connectivity index (χ0) is 19.1. The lowest BCUT2D eigenvalue weighted by Gasteiger charge is -2.35. The van der Waals surface area contributed by atoms with Gasteiger partial charge in [-0.05, 0) is 45.9 Å². The number of rotatable bonds is 3. The summed E-state index contributed by atoms with van der Waals surface area (Å²) in [5.41, 5.74) is 1.92. The molecule has 0 bridgehead atoms. The number of furan rings is 1. The summed E-state index contributed by atoms with van der Waals surface area (Å²) in [5.74, 6) is 0.603. The van der Waals surface area contributed by atoms with Crippen molar-refractivity contribution in [2.45, 2.75) is 45.9 Å². The third-order valence-corrected chi connectivity index (χ3v) is 4.77. The van der Waals surface area contributed by atoms with Crippen LogP contribution >= 0.6 is 0 Å². The molecule has 7 heteroatoms. The fourth-order valence-electron chi connectivity index (χ4n) is 3.64. The first-order valence-corrected chi connectivity index (χ1v) is 9.31. The number of carbonyl (C=O) groups excluding carboxylic acids is 1. The SMILES string of the molecule is CC(C)n1ncc2c(C(=O)N3C[C@@H](C)O[C@@H](C)C3)cc(-c3ccco3)nc21. The molecule has 1 aliphatic heterocycles. The normalized spacial score (nSPS) is 20.6. The third-order valence-electron chi connectivity index (χ3n) is 4.77. The van der Waals surface area contributed by atoms with E-state index in [2.05, 4.69) is 5.10 Å². The predicted molar refractivity (Wildman–Crippen MR) is 102 cm³/mol. The van der Waals surface area contributed by atoms with Crippen LogP contribution in [0.3, 0.4) is 0 Å². The number of amides is 1. The molecule has 1 amide bonds. The summed E-state index contributed by atoms with van der Waals surface area (Å²) >= 11 is 0. The van der Waals surface area contributed by atoms with Crippen molar-refractivity contribution in [1.82, 2.24) is 19.7 Å². The molecule has 3 aromatic heterocycles. The minimum Gasteiger partial charge on any atom is -0.463 e. The van der Waals surface area contributed by atoms with E-state index in [0.717, 1.165) is 5.39 Å². The van der Waals surface area contributed by atoms with Crippen molar-refractivity contribution in [3.8, 4) is 11.5 Å². The molecule has 3 aromatic rings. The van der Waals surface area contributed by atoms with Crippen molar-refractivity contribution in [3.63, 3.8) is 0 Å². The highest BCUT2D eigenvalue weighted by Crippen LogP contribution is 2.28.